The topological polar surface area (TPSA) is 61.0 Å². The molecule has 5 heteroatoms. The number of aryl methyl sites for hydroxylation is 1. The highest BCUT2D eigenvalue weighted by Crippen LogP contribution is 2.24. The second kappa shape index (κ2) is 6.22. The lowest BCUT2D eigenvalue weighted by atomic mass is 9.87. The van der Waals surface area contributed by atoms with Crippen molar-refractivity contribution in [3.63, 3.8) is 0 Å². The van der Waals surface area contributed by atoms with Gasteiger partial charge in [0.25, 0.3) is 0 Å². The van der Waals surface area contributed by atoms with Crippen molar-refractivity contribution in [3.05, 3.63) is 34.8 Å². The average molecular weight is 291 g/mol. The first kappa shape index (κ1) is 14.8. The number of ether oxygens (including phenoxy) is 1. The largest absolute Gasteiger partial charge is 0.494 e. The van der Waals surface area contributed by atoms with Crippen LogP contribution < -0.4 is 10.5 Å². The Kier molecular flexibility index (Phi) is 4.60. The van der Waals surface area contributed by atoms with Crippen LogP contribution in [0.1, 0.15) is 37.8 Å². The number of anilines is 1. The van der Waals surface area contributed by atoms with Crippen LogP contribution in [0.2, 0.25) is 0 Å². The third-order valence-corrected chi connectivity index (χ3v) is 3.82. The lowest BCUT2D eigenvalue weighted by Gasteiger charge is -2.19. The molecule has 0 radical (unpaired) electrons. The summed E-state index contributed by atoms with van der Waals surface area (Å²) >= 11 is 1.44. The molecule has 0 spiro atoms. The molecule has 0 saturated heterocycles. The molecule has 0 amide bonds. The van der Waals surface area contributed by atoms with Gasteiger partial charge in [-0.15, -0.1) is 10.2 Å². The summed E-state index contributed by atoms with van der Waals surface area (Å²) in [4.78, 5) is 0. The first-order valence-electron chi connectivity index (χ1n) is 6.76. The Morgan fingerprint density at radius 2 is 1.85 bits per heavy atom. The molecule has 1 heterocycles. The minimum atomic E-state index is 0.177. The molecule has 20 heavy (non-hydrogen) atoms. The molecule has 108 valence electrons. The zero-order valence-corrected chi connectivity index (χ0v) is 13.0. The summed E-state index contributed by atoms with van der Waals surface area (Å²) in [5.41, 5.74) is 7.03. The van der Waals surface area contributed by atoms with Gasteiger partial charge in [0.1, 0.15) is 10.8 Å². The summed E-state index contributed by atoms with van der Waals surface area (Å²) in [6, 6.07) is 8.31. The minimum absolute atomic E-state index is 0.177. The van der Waals surface area contributed by atoms with Crippen LogP contribution in [0, 0.1) is 0 Å². The first-order valence-corrected chi connectivity index (χ1v) is 7.58. The number of hydrogen-bond donors (Lipinski definition) is 1. The van der Waals surface area contributed by atoms with Crippen LogP contribution >= 0.6 is 11.3 Å². The third-order valence-electron chi connectivity index (χ3n) is 3.01. The van der Waals surface area contributed by atoms with E-state index in [4.69, 9.17) is 10.5 Å². The van der Waals surface area contributed by atoms with E-state index in [0.29, 0.717) is 11.7 Å². The van der Waals surface area contributed by atoms with Crippen molar-refractivity contribution in [1.82, 2.24) is 10.2 Å². The van der Waals surface area contributed by atoms with Crippen molar-refractivity contribution in [2.45, 2.75) is 39.0 Å². The fraction of sp³-hybridized carbons (Fsp3) is 0.467. The molecule has 0 saturated carbocycles. The van der Waals surface area contributed by atoms with E-state index < -0.39 is 0 Å². The molecule has 1 aromatic heterocycles. The van der Waals surface area contributed by atoms with Crippen LogP contribution in [0.4, 0.5) is 5.13 Å². The highest BCUT2D eigenvalue weighted by atomic mass is 32.1. The van der Waals surface area contributed by atoms with Crippen molar-refractivity contribution in [2.75, 3.05) is 12.3 Å². The van der Waals surface area contributed by atoms with Gasteiger partial charge in [0, 0.05) is 6.42 Å². The first-order chi connectivity index (χ1) is 9.45. The molecule has 0 bridgehead atoms. The summed E-state index contributed by atoms with van der Waals surface area (Å²) in [5.74, 6) is 0.912. The molecule has 0 fully saturated rings. The molecule has 2 N–H and O–H groups in total. The molecule has 0 unspecified atom stereocenters. The molecule has 0 aliphatic rings. The third kappa shape index (κ3) is 4.20. The van der Waals surface area contributed by atoms with E-state index in [-0.39, 0.29) is 5.41 Å². The molecule has 2 rings (SSSR count). The normalized spacial score (nSPS) is 11.6. The maximum Gasteiger partial charge on any atom is 0.203 e. The molecule has 0 aliphatic carbocycles. The van der Waals surface area contributed by atoms with Crippen LogP contribution in [0.3, 0.4) is 0 Å². The van der Waals surface area contributed by atoms with Gasteiger partial charge >= 0.3 is 0 Å². The van der Waals surface area contributed by atoms with Gasteiger partial charge in [-0.1, -0.05) is 44.2 Å². The second-order valence-electron chi connectivity index (χ2n) is 5.76. The van der Waals surface area contributed by atoms with E-state index in [2.05, 4.69) is 43.1 Å². The Morgan fingerprint density at radius 3 is 2.40 bits per heavy atom. The molecule has 4 nitrogen and oxygen atoms in total. The molecule has 2 aromatic rings. The number of aromatic nitrogens is 2. The van der Waals surface area contributed by atoms with Gasteiger partial charge in [-0.05, 0) is 29.5 Å². The predicted molar refractivity (Wildman–Crippen MR) is 83.3 cm³/mol. The molecule has 0 atom stereocenters. The Morgan fingerprint density at radius 1 is 1.15 bits per heavy atom. The predicted octanol–water partition coefficient (Wildman–Crippen LogP) is 3.43. The van der Waals surface area contributed by atoms with Crippen molar-refractivity contribution in [3.8, 4) is 5.75 Å². The summed E-state index contributed by atoms with van der Waals surface area (Å²) in [5, 5.41) is 9.27. The van der Waals surface area contributed by atoms with Gasteiger partial charge < -0.3 is 10.5 Å². The number of hydrogen-bond acceptors (Lipinski definition) is 5. The second-order valence-corrected chi connectivity index (χ2v) is 6.85. The Bertz CT molecular complexity index is 543. The van der Waals surface area contributed by atoms with Crippen LogP contribution in [-0.2, 0) is 11.8 Å². The van der Waals surface area contributed by atoms with Crippen molar-refractivity contribution >= 4 is 16.5 Å². The molecule has 1 aromatic carbocycles. The van der Waals surface area contributed by atoms with Gasteiger partial charge in [-0.3, -0.25) is 0 Å². The van der Waals surface area contributed by atoms with Crippen LogP contribution in [0.25, 0.3) is 0 Å². The quantitative estimate of drug-likeness (QED) is 0.857. The van der Waals surface area contributed by atoms with Crippen LogP contribution in [0.5, 0.6) is 5.75 Å². The van der Waals surface area contributed by atoms with E-state index in [0.717, 1.165) is 23.6 Å². The van der Waals surface area contributed by atoms with Gasteiger partial charge in [0.2, 0.25) is 5.13 Å². The maximum absolute atomic E-state index is 5.73. The van der Waals surface area contributed by atoms with Gasteiger partial charge in [-0.2, -0.15) is 0 Å². The number of nitrogen functional groups attached to an aromatic ring is 1. The van der Waals surface area contributed by atoms with Crippen LogP contribution in [0.15, 0.2) is 24.3 Å². The van der Waals surface area contributed by atoms with Gasteiger partial charge in [0.15, 0.2) is 0 Å². The molecular formula is C15H21N3OS. The summed E-state index contributed by atoms with van der Waals surface area (Å²) < 4.78 is 5.73. The lowest BCUT2D eigenvalue weighted by Crippen LogP contribution is -2.10. The molecule has 0 aliphatic heterocycles. The SMILES string of the molecule is CC(C)(C)c1ccc(OCCCc2nnc(N)s2)cc1. The van der Waals surface area contributed by atoms with E-state index in [1.807, 2.05) is 12.1 Å². The average Bonchev–Trinajstić information content (AvgIpc) is 2.80. The van der Waals surface area contributed by atoms with E-state index in [1.165, 1.54) is 16.9 Å². The van der Waals surface area contributed by atoms with Crippen LogP contribution in [-0.4, -0.2) is 16.8 Å². The zero-order valence-electron chi connectivity index (χ0n) is 12.2. The smallest absolute Gasteiger partial charge is 0.203 e. The summed E-state index contributed by atoms with van der Waals surface area (Å²) in [6.07, 6.45) is 1.77. The zero-order chi connectivity index (χ0) is 14.6. The van der Waals surface area contributed by atoms with E-state index in [9.17, 15) is 0 Å². The van der Waals surface area contributed by atoms with Gasteiger partial charge in [0.05, 0.1) is 6.61 Å². The maximum atomic E-state index is 5.73. The van der Waals surface area contributed by atoms with Crippen molar-refractivity contribution < 1.29 is 4.74 Å². The summed E-state index contributed by atoms with van der Waals surface area (Å²) in [7, 11) is 0. The number of benzene rings is 1. The Labute approximate surface area is 124 Å². The highest BCUT2D eigenvalue weighted by molar-refractivity contribution is 7.15. The standard InChI is InChI=1S/C15H21N3OS/c1-15(2,3)11-6-8-12(9-7-11)19-10-4-5-13-17-18-14(16)20-13/h6-9H,4-5,10H2,1-3H3,(H2,16,18). The lowest BCUT2D eigenvalue weighted by molar-refractivity contribution is 0.310. The Hall–Kier alpha value is -1.62. The summed E-state index contributed by atoms with van der Waals surface area (Å²) in [6.45, 7) is 7.29. The minimum Gasteiger partial charge on any atom is -0.494 e. The monoisotopic (exact) mass is 291 g/mol. The fourth-order valence-electron chi connectivity index (χ4n) is 1.83. The van der Waals surface area contributed by atoms with Gasteiger partial charge in [-0.25, -0.2) is 0 Å². The van der Waals surface area contributed by atoms with Crippen molar-refractivity contribution in [2.24, 2.45) is 0 Å². The Balaban J connectivity index is 1.77. The van der Waals surface area contributed by atoms with E-state index >= 15 is 0 Å². The number of nitrogens with two attached hydrogens (primary N) is 1. The fourth-order valence-corrected chi connectivity index (χ4v) is 2.48. The number of rotatable bonds is 5. The van der Waals surface area contributed by atoms with E-state index in [1.54, 1.807) is 0 Å². The number of nitrogens with zero attached hydrogens (tertiary/aromatic N) is 2. The highest BCUT2D eigenvalue weighted by Gasteiger charge is 2.12. The van der Waals surface area contributed by atoms with Crippen molar-refractivity contribution in [1.29, 1.82) is 0 Å². The molecular weight excluding hydrogens is 270 g/mol.